The van der Waals surface area contributed by atoms with Crippen molar-refractivity contribution in [1.29, 1.82) is 0 Å². The number of carbonyl (C=O) groups is 3. The van der Waals surface area contributed by atoms with Crippen molar-refractivity contribution in [3.63, 3.8) is 0 Å². The zero-order valence-corrected chi connectivity index (χ0v) is 33.3. The standard InChI is InChI=1S/C46H56N4O8/c51-44(52)19-24-56-26-28-58-30-29-57-27-25-55-23-8-10-34-9-6-13-36(31-34)45(53)49-42-17-16-38(50-21-4-1-5-22-50)33-40(42)43-32-37(18-20-47-43)46(54)48-41-15-7-12-35-11-2-3-14-39(35)41/h2-3,6,9,11,13-14,16-18,20,31-33,41H,1,4-5,7-8,10,12,15,19,21-30H2,(H,48,54)(H,49,53)(H,51,52). The lowest BCUT2D eigenvalue weighted by atomic mass is 9.87. The van der Waals surface area contributed by atoms with Crippen molar-refractivity contribution < 1.29 is 38.4 Å². The van der Waals surface area contributed by atoms with Crippen LogP contribution in [0, 0.1) is 0 Å². The number of carboxylic acids is 1. The molecule has 6 rings (SSSR count). The minimum absolute atomic E-state index is 0.0151. The maximum Gasteiger partial charge on any atom is 0.305 e. The van der Waals surface area contributed by atoms with Crippen LogP contribution >= 0.6 is 0 Å². The molecule has 2 amide bonds. The number of aliphatic carboxylic acids is 1. The molecular formula is C46H56N4O8. The number of carboxylic acid groups (broad SMARTS) is 1. The summed E-state index contributed by atoms with van der Waals surface area (Å²) in [7, 11) is 0. The van der Waals surface area contributed by atoms with Crippen LogP contribution in [0.3, 0.4) is 0 Å². The van der Waals surface area contributed by atoms with Gasteiger partial charge in [-0.25, -0.2) is 0 Å². The summed E-state index contributed by atoms with van der Waals surface area (Å²) >= 11 is 0. The van der Waals surface area contributed by atoms with Gasteiger partial charge >= 0.3 is 5.97 Å². The average Bonchev–Trinajstić information content (AvgIpc) is 3.25. The number of piperidine rings is 1. The molecule has 2 aliphatic rings. The predicted octanol–water partition coefficient (Wildman–Crippen LogP) is 7.27. The number of pyridine rings is 1. The molecular weight excluding hydrogens is 737 g/mol. The van der Waals surface area contributed by atoms with E-state index in [0.717, 1.165) is 74.8 Å². The SMILES string of the molecule is O=C(O)CCOCCOCCOCCOCCCc1cccc(C(=O)Nc2ccc(N3CCCCC3)cc2-c2cc(C(=O)NC3CCCc4ccccc43)ccn2)c1. The van der Waals surface area contributed by atoms with Crippen LogP contribution in [0.2, 0.25) is 0 Å². The smallest absolute Gasteiger partial charge is 0.305 e. The Kier molecular flexibility index (Phi) is 16.6. The molecule has 1 saturated heterocycles. The number of aryl methyl sites for hydroxylation is 2. The Morgan fingerprint density at radius 1 is 0.724 bits per heavy atom. The van der Waals surface area contributed by atoms with E-state index in [9.17, 15) is 14.4 Å². The van der Waals surface area contributed by atoms with Crippen LogP contribution < -0.4 is 15.5 Å². The van der Waals surface area contributed by atoms with Crippen molar-refractivity contribution in [1.82, 2.24) is 10.3 Å². The molecule has 2 heterocycles. The van der Waals surface area contributed by atoms with E-state index in [1.54, 1.807) is 12.3 Å². The summed E-state index contributed by atoms with van der Waals surface area (Å²) in [4.78, 5) is 45.0. The third-order valence-corrected chi connectivity index (χ3v) is 10.5. The zero-order valence-electron chi connectivity index (χ0n) is 33.3. The summed E-state index contributed by atoms with van der Waals surface area (Å²) in [6, 6.07) is 25.6. The van der Waals surface area contributed by atoms with Crippen LogP contribution in [0.25, 0.3) is 11.3 Å². The van der Waals surface area contributed by atoms with Gasteiger partial charge in [0.15, 0.2) is 0 Å². The highest BCUT2D eigenvalue weighted by atomic mass is 16.6. The Hall–Kier alpha value is -5.14. The van der Waals surface area contributed by atoms with Crippen molar-refractivity contribution in [2.24, 2.45) is 0 Å². The van der Waals surface area contributed by atoms with Gasteiger partial charge in [0.2, 0.25) is 0 Å². The third kappa shape index (κ3) is 12.9. The quantitative estimate of drug-likeness (QED) is 0.0694. The van der Waals surface area contributed by atoms with E-state index in [0.29, 0.717) is 68.8 Å². The second kappa shape index (κ2) is 22.7. The summed E-state index contributed by atoms with van der Waals surface area (Å²) in [5, 5.41) is 15.0. The van der Waals surface area contributed by atoms with E-state index in [4.69, 9.17) is 29.0 Å². The summed E-state index contributed by atoms with van der Waals surface area (Å²) in [5.74, 6) is -1.24. The van der Waals surface area contributed by atoms with Crippen molar-refractivity contribution in [2.45, 2.75) is 63.8 Å². The Balaban J connectivity index is 1.02. The molecule has 4 aromatic rings. The minimum Gasteiger partial charge on any atom is -0.481 e. The van der Waals surface area contributed by atoms with E-state index < -0.39 is 5.97 Å². The van der Waals surface area contributed by atoms with Gasteiger partial charge in [-0.05, 0) is 111 Å². The highest BCUT2D eigenvalue weighted by molar-refractivity contribution is 6.06. The molecule has 0 spiro atoms. The first kappa shape index (κ1) is 42.5. The fourth-order valence-corrected chi connectivity index (χ4v) is 7.43. The zero-order chi connectivity index (χ0) is 40.4. The Labute approximate surface area is 341 Å². The number of rotatable bonds is 22. The molecule has 0 saturated carbocycles. The normalized spacial score (nSPS) is 15.1. The second-order valence-corrected chi connectivity index (χ2v) is 14.7. The number of anilines is 2. The first-order valence-corrected chi connectivity index (χ1v) is 20.6. The van der Waals surface area contributed by atoms with Gasteiger partial charge in [-0.2, -0.15) is 0 Å². The van der Waals surface area contributed by atoms with Gasteiger partial charge in [0.1, 0.15) is 0 Å². The monoisotopic (exact) mass is 792 g/mol. The third-order valence-electron chi connectivity index (χ3n) is 10.5. The van der Waals surface area contributed by atoms with Gasteiger partial charge in [-0.1, -0.05) is 36.4 Å². The number of nitrogens with one attached hydrogen (secondary N) is 2. The number of hydrogen-bond donors (Lipinski definition) is 3. The van der Waals surface area contributed by atoms with Gasteiger partial charge in [-0.3, -0.25) is 19.4 Å². The van der Waals surface area contributed by atoms with Crippen molar-refractivity contribution in [3.8, 4) is 11.3 Å². The minimum atomic E-state index is -0.881. The van der Waals surface area contributed by atoms with Crippen LogP contribution in [0.4, 0.5) is 11.4 Å². The molecule has 0 radical (unpaired) electrons. The van der Waals surface area contributed by atoms with Gasteiger partial charge in [0, 0.05) is 48.3 Å². The maximum absolute atomic E-state index is 13.8. The number of carbonyl (C=O) groups excluding carboxylic acids is 2. The largest absolute Gasteiger partial charge is 0.481 e. The van der Waals surface area contributed by atoms with Gasteiger partial charge < -0.3 is 39.6 Å². The first-order valence-electron chi connectivity index (χ1n) is 20.6. The molecule has 308 valence electrons. The molecule has 1 aromatic heterocycles. The second-order valence-electron chi connectivity index (χ2n) is 14.7. The molecule has 0 bridgehead atoms. The Morgan fingerprint density at radius 2 is 1.45 bits per heavy atom. The molecule has 3 aromatic carbocycles. The molecule has 12 nitrogen and oxygen atoms in total. The Bertz CT molecular complexity index is 1950. The fourth-order valence-electron chi connectivity index (χ4n) is 7.43. The molecule has 1 fully saturated rings. The van der Waals surface area contributed by atoms with Crippen LogP contribution in [0.15, 0.2) is 85.1 Å². The van der Waals surface area contributed by atoms with Crippen LogP contribution in [0.1, 0.15) is 88.4 Å². The summed E-state index contributed by atoms with van der Waals surface area (Å²) in [6.07, 6.45) is 9.65. The number of aromatic nitrogens is 1. The molecule has 1 aliphatic heterocycles. The van der Waals surface area contributed by atoms with Crippen molar-refractivity contribution >= 4 is 29.2 Å². The van der Waals surface area contributed by atoms with E-state index in [1.165, 1.54) is 17.5 Å². The maximum atomic E-state index is 13.8. The highest BCUT2D eigenvalue weighted by Gasteiger charge is 2.23. The molecule has 1 unspecified atom stereocenters. The lowest BCUT2D eigenvalue weighted by Crippen LogP contribution is -2.31. The number of hydrogen-bond acceptors (Lipinski definition) is 9. The summed E-state index contributed by atoms with van der Waals surface area (Å²) in [5.41, 5.74) is 7.68. The topological polar surface area (TPSA) is 149 Å². The van der Waals surface area contributed by atoms with E-state index in [2.05, 4.69) is 45.9 Å². The first-order chi connectivity index (χ1) is 28.4. The van der Waals surface area contributed by atoms with Crippen LogP contribution in [-0.4, -0.2) is 93.8 Å². The fraction of sp³-hybridized carbons (Fsp3) is 0.435. The molecule has 12 heteroatoms. The number of fused-ring (bicyclic) bond motifs is 1. The summed E-state index contributed by atoms with van der Waals surface area (Å²) in [6.45, 7) is 5.22. The number of nitrogens with zero attached hydrogens (tertiary/aromatic N) is 2. The van der Waals surface area contributed by atoms with Crippen LogP contribution in [0.5, 0.6) is 0 Å². The van der Waals surface area contributed by atoms with Gasteiger partial charge in [0.05, 0.1) is 70.1 Å². The lowest BCUT2D eigenvalue weighted by molar-refractivity contribution is -0.138. The van der Waals surface area contributed by atoms with Crippen LogP contribution in [-0.2, 0) is 36.6 Å². The molecule has 1 atom stereocenters. The van der Waals surface area contributed by atoms with Crippen molar-refractivity contribution in [2.75, 3.05) is 76.2 Å². The van der Waals surface area contributed by atoms with E-state index in [1.807, 2.05) is 42.5 Å². The molecule has 58 heavy (non-hydrogen) atoms. The van der Waals surface area contributed by atoms with Gasteiger partial charge in [-0.15, -0.1) is 0 Å². The lowest BCUT2D eigenvalue weighted by Gasteiger charge is -2.29. The number of benzene rings is 3. The van der Waals surface area contributed by atoms with E-state index >= 15 is 0 Å². The molecule has 1 aliphatic carbocycles. The van der Waals surface area contributed by atoms with Gasteiger partial charge in [0.25, 0.3) is 11.8 Å². The van der Waals surface area contributed by atoms with E-state index in [-0.39, 0.29) is 30.9 Å². The Morgan fingerprint density at radius 3 is 2.22 bits per heavy atom. The number of ether oxygens (including phenoxy) is 4. The number of amides is 2. The van der Waals surface area contributed by atoms with Crippen molar-refractivity contribution in [3.05, 3.63) is 113 Å². The average molecular weight is 793 g/mol. The predicted molar refractivity (Wildman–Crippen MR) is 224 cm³/mol. The molecule has 3 N–H and O–H groups in total. The summed E-state index contributed by atoms with van der Waals surface area (Å²) < 4.78 is 21.9. The highest BCUT2D eigenvalue weighted by Crippen LogP contribution is 2.34.